The standard InChI is InChI=1S/C13H15BrN2O5/c14-9-3-2-8(21-9)11(18)15-6-10(17)16-7-13(12(19)20)4-1-5-13/h2-3H,1,4-7H2,(H,15,18)(H,16,17)(H,19,20). The van der Waals surface area contributed by atoms with E-state index >= 15 is 0 Å². The first kappa shape index (κ1) is 15.6. The molecule has 0 aromatic carbocycles. The number of nitrogens with one attached hydrogen (secondary N) is 2. The van der Waals surface area contributed by atoms with Crippen molar-refractivity contribution in [3.8, 4) is 0 Å². The van der Waals surface area contributed by atoms with Crippen LogP contribution in [0.4, 0.5) is 0 Å². The topological polar surface area (TPSA) is 109 Å². The lowest BCUT2D eigenvalue weighted by molar-refractivity contribution is -0.154. The molecule has 2 amide bonds. The lowest BCUT2D eigenvalue weighted by Crippen LogP contribution is -2.49. The summed E-state index contributed by atoms with van der Waals surface area (Å²) < 4.78 is 5.47. The van der Waals surface area contributed by atoms with E-state index in [0.717, 1.165) is 6.42 Å². The van der Waals surface area contributed by atoms with Gasteiger partial charge in [0.25, 0.3) is 5.91 Å². The van der Waals surface area contributed by atoms with Gasteiger partial charge in [0.1, 0.15) is 0 Å². The molecule has 1 aromatic rings. The molecule has 0 unspecified atom stereocenters. The van der Waals surface area contributed by atoms with Gasteiger partial charge in [0.2, 0.25) is 5.91 Å². The van der Waals surface area contributed by atoms with Crippen molar-refractivity contribution in [1.82, 2.24) is 10.6 Å². The summed E-state index contributed by atoms with van der Waals surface area (Å²) in [6.45, 7) is -0.143. The van der Waals surface area contributed by atoms with Crippen LogP contribution in [0.2, 0.25) is 0 Å². The molecular formula is C13H15BrN2O5. The number of carbonyl (C=O) groups is 3. The van der Waals surface area contributed by atoms with Gasteiger partial charge in [0.05, 0.1) is 12.0 Å². The molecular weight excluding hydrogens is 344 g/mol. The number of hydrogen-bond acceptors (Lipinski definition) is 4. The zero-order valence-corrected chi connectivity index (χ0v) is 12.7. The van der Waals surface area contributed by atoms with E-state index in [2.05, 4.69) is 26.6 Å². The largest absolute Gasteiger partial charge is 0.481 e. The quantitative estimate of drug-likeness (QED) is 0.706. The number of aliphatic carboxylic acids is 1. The number of carbonyl (C=O) groups excluding carboxylic acids is 2. The lowest BCUT2D eigenvalue weighted by Gasteiger charge is -2.37. The van der Waals surface area contributed by atoms with Crippen molar-refractivity contribution in [1.29, 1.82) is 0 Å². The van der Waals surface area contributed by atoms with Crippen LogP contribution in [0, 0.1) is 5.41 Å². The van der Waals surface area contributed by atoms with Gasteiger partial charge in [-0.3, -0.25) is 14.4 Å². The Labute approximate surface area is 129 Å². The summed E-state index contributed by atoms with van der Waals surface area (Å²) in [4.78, 5) is 34.4. The first-order valence-corrected chi connectivity index (χ1v) is 7.26. The van der Waals surface area contributed by atoms with Crippen molar-refractivity contribution in [2.24, 2.45) is 5.41 Å². The number of carboxylic acids is 1. The Hall–Kier alpha value is -1.83. The van der Waals surface area contributed by atoms with Crippen LogP contribution < -0.4 is 10.6 Å². The zero-order chi connectivity index (χ0) is 15.5. The zero-order valence-electron chi connectivity index (χ0n) is 11.1. The maximum atomic E-state index is 11.6. The average Bonchev–Trinajstić information content (AvgIpc) is 2.81. The lowest BCUT2D eigenvalue weighted by atomic mass is 9.69. The molecule has 0 spiro atoms. The van der Waals surface area contributed by atoms with Crippen molar-refractivity contribution >= 4 is 33.7 Å². The van der Waals surface area contributed by atoms with Crippen LogP contribution in [0.3, 0.4) is 0 Å². The molecule has 0 saturated heterocycles. The third-order valence-corrected chi connectivity index (χ3v) is 4.02. The van der Waals surface area contributed by atoms with Crippen molar-refractivity contribution in [3.63, 3.8) is 0 Å². The van der Waals surface area contributed by atoms with E-state index in [-0.39, 0.29) is 18.8 Å². The van der Waals surface area contributed by atoms with E-state index in [4.69, 9.17) is 9.52 Å². The summed E-state index contributed by atoms with van der Waals surface area (Å²) in [6, 6.07) is 3.05. The van der Waals surface area contributed by atoms with Gasteiger partial charge in [0.15, 0.2) is 10.4 Å². The summed E-state index contributed by atoms with van der Waals surface area (Å²) >= 11 is 3.07. The van der Waals surface area contributed by atoms with Gasteiger partial charge in [-0.1, -0.05) is 6.42 Å². The van der Waals surface area contributed by atoms with Crippen LogP contribution in [-0.2, 0) is 9.59 Å². The molecule has 1 aliphatic rings. The first-order chi connectivity index (χ1) is 9.93. The number of halogens is 1. The van der Waals surface area contributed by atoms with Crippen molar-refractivity contribution in [3.05, 3.63) is 22.6 Å². The molecule has 0 radical (unpaired) electrons. The highest BCUT2D eigenvalue weighted by molar-refractivity contribution is 9.10. The van der Waals surface area contributed by atoms with Crippen LogP contribution in [0.25, 0.3) is 0 Å². The minimum absolute atomic E-state index is 0.0866. The van der Waals surface area contributed by atoms with Crippen LogP contribution >= 0.6 is 15.9 Å². The summed E-state index contributed by atoms with van der Waals surface area (Å²) in [7, 11) is 0. The number of carboxylic acid groups (broad SMARTS) is 1. The molecule has 0 bridgehead atoms. The predicted octanol–water partition coefficient (Wildman–Crippen LogP) is 1.14. The Balaban J connectivity index is 1.75. The van der Waals surface area contributed by atoms with Crippen molar-refractivity contribution in [2.45, 2.75) is 19.3 Å². The molecule has 1 heterocycles. The van der Waals surface area contributed by atoms with Crippen LogP contribution in [0.15, 0.2) is 21.2 Å². The normalized spacial score (nSPS) is 15.9. The van der Waals surface area contributed by atoms with Gasteiger partial charge in [-0.05, 0) is 40.9 Å². The Morgan fingerprint density at radius 2 is 2.00 bits per heavy atom. The molecule has 1 aliphatic carbocycles. The average molecular weight is 359 g/mol. The first-order valence-electron chi connectivity index (χ1n) is 6.47. The second-order valence-corrected chi connectivity index (χ2v) is 5.78. The number of furan rings is 1. The minimum Gasteiger partial charge on any atom is -0.481 e. The molecule has 8 heteroatoms. The van der Waals surface area contributed by atoms with Crippen molar-refractivity contribution in [2.75, 3.05) is 13.1 Å². The number of rotatable bonds is 6. The van der Waals surface area contributed by atoms with E-state index in [0.29, 0.717) is 17.5 Å². The highest BCUT2D eigenvalue weighted by Gasteiger charge is 2.44. The molecule has 1 fully saturated rings. The molecule has 21 heavy (non-hydrogen) atoms. The summed E-state index contributed by atoms with van der Waals surface area (Å²) in [5.41, 5.74) is -0.842. The number of amides is 2. The summed E-state index contributed by atoms with van der Waals surface area (Å²) in [5.74, 6) is -1.73. The minimum atomic E-state index is -0.890. The van der Waals surface area contributed by atoms with Gasteiger partial charge < -0.3 is 20.2 Å². The summed E-state index contributed by atoms with van der Waals surface area (Å²) in [6.07, 6.45) is 1.98. The van der Waals surface area contributed by atoms with E-state index in [9.17, 15) is 14.4 Å². The predicted molar refractivity (Wildman–Crippen MR) is 75.7 cm³/mol. The molecule has 114 valence electrons. The highest BCUT2D eigenvalue weighted by Crippen LogP contribution is 2.40. The Morgan fingerprint density at radius 3 is 2.48 bits per heavy atom. The fraction of sp³-hybridized carbons (Fsp3) is 0.462. The van der Waals surface area contributed by atoms with E-state index in [1.54, 1.807) is 6.07 Å². The SMILES string of the molecule is O=C(CNC(=O)c1ccc(Br)o1)NCC1(C(=O)O)CCC1. The molecule has 1 aromatic heterocycles. The molecule has 3 N–H and O–H groups in total. The summed E-state index contributed by atoms with van der Waals surface area (Å²) in [5, 5.41) is 14.1. The fourth-order valence-corrected chi connectivity index (χ4v) is 2.39. The Kier molecular flexibility index (Phi) is 4.66. The van der Waals surface area contributed by atoms with E-state index in [1.807, 2.05) is 0 Å². The fourth-order valence-electron chi connectivity index (χ4n) is 2.08. The highest BCUT2D eigenvalue weighted by atomic mass is 79.9. The van der Waals surface area contributed by atoms with Gasteiger partial charge in [-0.25, -0.2) is 0 Å². The maximum absolute atomic E-state index is 11.6. The van der Waals surface area contributed by atoms with Gasteiger partial charge >= 0.3 is 5.97 Å². The Morgan fingerprint density at radius 1 is 1.29 bits per heavy atom. The van der Waals surface area contributed by atoms with Crippen molar-refractivity contribution < 1.29 is 23.9 Å². The van der Waals surface area contributed by atoms with Crippen LogP contribution in [0.5, 0.6) is 0 Å². The van der Waals surface area contributed by atoms with Gasteiger partial charge in [0, 0.05) is 6.54 Å². The van der Waals surface area contributed by atoms with Crippen LogP contribution in [0.1, 0.15) is 29.8 Å². The molecule has 1 saturated carbocycles. The second-order valence-electron chi connectivity index (χ2n) is 5.00. The van der Waals surface area contributed by atoms with E-state index in [1.165, 1.54) is 6.07 Å². The monoisotopic (exact) mass is 358 g/mol. The third kappa shape index (κ3) is 3.63. The van der Waals surface area contributed by atoms with Gasteiger partial charge in [-0.15, -0.1) is 0 Å². The molecule has 0 aliphatic heterocycles. The third-order valence-electron chi connectivity index (χ3n) is 3.59. The van der Waals surface area contributed by atoms with Gasteiger partial charge in [-0.2, -0.15) is 0 Å². The van der Waals surface area contributed by atoms with E-state index < -0.39 is 23.2 Å². The molecule has 2 rings (SSSR count). The molecule has 0 atom stereocenters. The Bertz CT molecular complexity index is 565. The maximum Gasteiger partial charge on any atom is 0.311 e. The second kappa shape index (κ2) is 6.30. The molecule has 7 nitrogen and oxygen atoms in total. The van der Waals surface area contributed by atoms with Crippen LogP contribution in [-0.4, -0.2) is 36.0 Å². The number of hydrogen-bond donors (Lipinski definition) is 3. The smallest absolute Gasteiger partial charge is 0.311 e.